The maximum absolute atomic E-state index is 12.8. The summed E-state index contributed by atoms with van der Waals surface area (Å²) in [5, 5.41) is 4.20. The fourth-order valence-corrected chi connectivity index (χ4v) is 4.67. The fourth-order valence-electron chi connectivity index (χ4n) is 2.57. The molecule has 2 N–H and O–H groups in total. The summed E-state index contributed by atoms with van der Waals surface area (Å²) in [6.45, 7) is 0. The van der Waals surface area contributed by atoms with Crippen molar-refractivity contribution in [3.05, 3.63) is 55.3 Å². The van der Waals surface area contributed by atoms with Crippen molar-refractivity contribution in [1.29, 1.82) is 0 Å². The molecule has 3 amide bonds. The van der Waals surface area contributed by atoms with Crippen LogP contribution in [0.25, 0.3) is 6.08 Å². The Balaban J connectivity index is 1.75. The lowest BCUT2D eigenvalue weighted by molar-refractivity contribution is -0.123. The number of carbonyl (C=O) groups excluding carboxylic acids is 2. The molecule has 0 atom stereocenters. The zero-order chi connectivity index (χ0) is 22.7. The summed E-state index contributed by atoms with van der Waals surface area (Å²) in [6.07, 6.45) is 1.64. The number of carbonyl (C=O) groups is 2. The van der Waals surface area contributed by atoms with Crippen LogP contribution in [0, 0.1) is 0 Å². The Bertz CT molecular complexity index is 1110. The van der Waals surface area contributed by atoms with Crippen LogP contribution in [0.3, 0.4) is 0 Å². The van der Waals surface area contributed by atoms with Crippen LogP contribution in [0.4, 0.5) is 10.5 Å². The van der Waals surface area contributed by atoms with Gasteiger partial charge in [-0.1, -0.05) is 35.0 Å². The van der Waals surface area contributed by atoms with Crippen molar-refractivity contribution in [2.24, 2.45) is 0 Å². The second-order valence-corrected chi connectivity index (χ2v) is 9.29. The summed E-state index contributed by atoms with van der Waals surface area (Å²) >= 11 is 21.5. The smallest absolute Gasteiger partial charge is 0.338 e. The number of nitrogens with one attached hydrogen (secondary N) is 2. The number of hydrogen-bond acceptors (Lipinski definition) is 6. The van der Waals surface area contributed by atoms with Crippen LogP contribution >= 0.6 is 63.1 Å². The summed E-state index contributed by atoms with van der Waals surface area (Å²) in [6, 6.07) is 7.45. The molecule has 1 aliphatic rings. The minimum absolute atomic E-state index is 0.181. The Morgan fingerprint density at radius 3 is 2.58 bits per heavy atom. The van der Waals surface area contributed by atoms with Gasteiger partial charge in [-0.2, -0.15) is 5.01 Å². The number of nitrogens with zero attached hydrogens (tertiary/aromatic N) is 1. The quantitative estimate of drug-likeness (QED) is 0.359. The molecule has 0 aliphatic carbocycles. The van der Waals surface area contributed by atoms with Gasteiger partial charge in [0.05, 0.1) is 33.6 Å². The van der Waals surface area contributed by atoms with Gasteiger partial charge in [0.15, 0.2) is 15.8 Å². The molecule has 0 radical (unpaired) electrons. The van der Waals surface area contributed by atoms with E-state index in [-0.39, 0.29) is 9.34 Å². The minimum atomic E-state index is -0.662. The number of thiocarbonyl (C=S) groups is 1. The van der Waals surface area contributed by atoms with Crippen LogP contribution in [-0.2, 0) is 4.79 Å². The van der Waals surface area contributed by atoms with Gasteiger partial charge < -0.3 is 14.8 Å². The van der Waals surface area contributed by atoms with E-state index in [4.69, 9.17) is 44.9 Å². The van der Waals surface area contributed by atoms with Gasteiger partial charge in [0.25, 0.3) is 5.91 Å². The highest BCUT2D eigenvalue weighted by atomic mass is 79.9. The molecule has 1 aliphatic heterocycles. The number of halogens is 3. The molecule has 0 spiro atoms. The van der Waals surface area contributed by atoms with Crippen LogP contribution in [-0.4, -0.2) is 35.5 Å². The van der Waals surface area contributed by atoms with E-state index in [9.17, 15) is 9.59 Å². The van der Waals surface area contributed by atoms with Gasteiger partial charge in [-0.25, -0.2) is 10.2 Å². The highest BCUT2D eigenvalue weighted by Gasteiger charge is 2.33. The third-order valence-electron chi connectivity index (χ3n) is 3.94. The topological polar surface area (TPSA) is 79.9 Å². The van der Waals surface area contributed by atoms with E-state index in [0.29, 0.717) is 37.2 Å². The van der Waals surface area contributed by atoms with Crippen molar-refractivity contribution in [2.45, 2.75) is 0 Å². The lowest BCUT2D eigenvalue weighted by Crippen LogP contribution is -2.46. The molecule has 7 nitrogen and oxygen atoms in total. The number of anilines is 1. The average Bonchev–Trinajstić information content (AvgIpc) is 2.97. The van der Waals surface area contributed by atoms with Crippen LogP contribution in [0.15, 0.2) is 39.7 Å². The fraction of sp³-hybridized carbons (Fsp3) is 0.105. The van der Waals surface area contributed by atoms with Crippen LogP contribution in [0.5, 0.6) is 11.5 Å². The first kappa shape index (κ1) is 23.7. The number of hydrogen-bond donors (Lipinski definition) is 2. The first-order chi connectivity index (χ1) is 14.7. The van der Waals surface area contributed by atoms with Crippen molar-refractivity contribution in [3.63, 3.8) is 0 Å². The molecule has 1 heterocycles. The Morgan fingerprint density at radius 1 is 1.19 bits per heavy atom. The predicted molar refractivity (Wildman–Crippen MR) is 131 cm³/mol. The minimum Gasteiger partial charge on any atom is -0.493 e. The zero-order valence-corrected chi connectivity index (χ0v) is 20.7. The number of methoxy groups -OCH3 is 2. The van der Waals surface area contributed by atoms with Gasteiger partial charge in [0.1, 0.15) is 0 Å². The second-order valence-electron chi connectivity index (χ2n) is 5.95. The van der Waals surface area contributed by atoms with Gasteiger partial charge in [0.2, 0.25) is 0 Å². The highest BCUT2D eigenvalue weighted by Crippen LogP contribution is 2.38. The van der Waals surface area contributed by atoms with Crippen LogP contribution in [0.1, 0.15) is 5.56 Å². The van der Waals surface area contributed by atoms with Crippen molar-refractivity contribution in [1.82, 2.24) is 10.4 Å². The van der Waals surface area contributed by atoms with Crippen LogP contribution < -0.4 is 20.2 Å². The molecule has 0 unspecified atom stereocenters. The normalized spacial score (nSPS) is 14.7. The number of ether oxygens (including phenoxy) is 2. The Labute approximate surface area is 206 Å². The third kappa shape index (κ3) is 5.45. The monoisotopic (exact) mass is 561 g/mol. The number of hydrazine groups is 1. The summed E-state index contributed by atoms with van der Waals surface area (Å²) in [4.78, 5) is 25.4. The van der Waals surface area contributed by atoms with Gasteiger partial charge in [0, 0.05) is 5.69 Å². The van der Waals surface area contributed by atoms with Gasteiger partial charge >= 0.3 is 6.03 Å². The summed E-state index contributed by atoms with van der Waals surface area (Å²) in [5.74, 6) is 0.566. The molecule has 12 heteroatoms. The maximum atomic E-state index is 12.8. The van der Waals surface area contributed by atoms with E-state index in [0.717, 1.165) is 16.8 Å². The first-order valence-electron chi connectivity index (χ1n) is 8.45. The Kier molecular flexibility index (Phi) is 7.71. The Morgan fingerprint density at radius 2 is 1.94 bits per heavy atom. The molecule has 1 fully saturated rings. The second kappa shape index (κ2) is 10.1. The number of rotatable bonds is 5. The number of benzene rings is 2. The van der Waals surface area contributed by atoms with Gasteiger partial charge in [-0.15, -0.1) is 0 Å². The summed E-state index contributed by atoms with van der Waals surface area (Å²) in [5.41, 5.74) is 3.52. The number of urea groups is 1. The third-order valence-corrected chi connectivity index (χ3v) is 6.57. The molecule has 3 rings (SSSR count). The summed E-state index contributed by atoms with van der Waals surface area (Å²) < 4.78 is 11.5. The van der Waals surface area contributed by atoms with Gasteiger partial charge in [-0.3, -0.25) is 4.79 Å². The molecule has 0 bridgehead atoms. The molecule has 2 aromatic carbocycles. The molecular formula is C19H14BrCl2N3O4S2. The van der Waals surface area contributed by atoms with Gasteiger partial charge in [-0.05, 0) is 70.1 Å². The lowest BCUT2D eigenvalue weighted by Gasteiger charge is -2.16. The average molecular weight is 563 g/mol. The molecule has 31 heavy (non-hydrogen) atoms. The molecular weight excluding hydrogens is 549 g/mol. The SMILES string of the molecule is COc1cc(/C=C2/SC(=S)N(NC(=O)Nc3ccc(Cl)c(Cl)c3)C2=O)cc(Br)c1OC. The summed E-state index contributed by atoms with van der Waals surface area (Å²) in [7, 11) is 3.05. The van der Waals surface area contributed by atoms with Crippen molar-refractivity contribution < 1.29 is 19.1 Å². The van der Waals surface area contributed by atoms with E-state index < -0.39 is 11.9 Å². The van der Waals surface area contributed by atoms with Crippen molar-refractivity contribution >= 4 is 91.1 Å². The maximum Gasteiger partial charge on any atom is 0.338 e. The molecule has 162 valence electrons. The first-order valence-corrected chi connectivity index (χ1v) is 11.2. The zero-order valence-electron chi connectivity index (χ0n) is 16.0. The van der Waals surface area contributed by atoms with E-state index in [2.05, 4.69) is 26.7 Å². The van der Waals surface area contributed by atoms with Crippen LogP contribution in [0.2, 0.25) is 10.0 Å². The van der Waals surface area contributed by atoms with Crippen molar-refractivity contribution in [2.75, 3.05) is 19.5 Å². The largest absolute Gasteiger partial charge is 0.493 e. The van der Waals surface area contributed by atoms with E-state index in [1.54, 1.807) is 30.3 Å². The number of amides is 3. The van der Waals surface area contributed by atoms with E-state index in [1.807, 2.05) is 0 Å². The molecule has 0 aromatic heterocycles. The molecule has 2 aromatic rings. The molecule has 0 saturated carbocycles. The van der Waals surface area contributed by atoms with E-state index in [1.165, 1.54) is 20.3 Å². The van der Waals surface area contributed by atoms with E-state index >= 15 is 0 Å². The lowest BCUT2D eigenvalue weighted by atomic mass is 10.2. The standard InChI is InChI=1S/C19H14BrCl2N3O4S2/c1-28-14-6-9(5-11(20)16(14)29-2)7-15-17(26)25(19(30)31-15)24-18(27)23-10-3-4-12(21)13(22)8-10/h3-8H,1-2H3,(H2,23,24,27)/b15-7+. The number of thioether (sulfide) groups is 1. The van der Waals surface area contributed by atoms with Crippen molar-refractivity contribution in [3.8, 4) is 11.5 Å². The molecule has 1 saturated heterocycles. The Hall–Kier alpha value is -1.98. The predicted octanol–water partition coefficient (Wildman–Crippen LogP) is 5.71. The highest BCUT2D eigenvalue weighted by molar-refractivity contribution is 9.10.